The van der Waals surface area contributed by atoms with Gasteiger partial charge in [0.2, 0.25) is 5.76 Å². The van der Waals surface area contributed by atoms with Crippen LogP contribution in [0.3, 0.4) is 0 Å². The highest BCUT2D eigenvalue weighted by Crippen LogP contribution is 2.38. The molecular weight excluding hydrogens is 383 g/mol. The Morgan fingerprint density at radius 3 is 2.57 bits per heavy atom. The van der Waals surface area contributed by atoms with Gasteiger partial charge < -0.3 is 14.2 Å². The molecule has 0 bridgehead atoms. The van der Waals surface area contributed by atoms with Crippen LogP contribution >= 0.6 is 0 Å². The predicted octanol–water partition coefficient (Wildman–Crippen LogP) is 4.21. The van der Waals surface area contributed by atoms with E-state index in [1.807, 2.05) is 0 Å². The monoisotopic (exact) mass is 408 g/mol. The Labute approximate surface area is 174 Å². The third-order valence-corrected chi connectivity index (χ3v) is 5.81. The lowest BCUT2D eigenvalue weighted by molar-refractivity contribution is 0.0720. The van der Waals surface area contributed by atoms with E-state index in [2.05, 4.69) is 18.7 Å². The lowest BCUT2D eigenvalue weighted by Crippen LogP contribution is -2.33. The number of halogens is 1. The number of carbonyl (C=O) groups is 1. The van der Waals surface area contributed by atoms with E-state index in [0.29, 0.717) is 28.6 Å². The maximum absolute atomic E-state index is 14.0. The maximum Gasteiger partial charge on any atom is 0.290 e. The number of benzene rings is 2. The number of hydrogen-bond donors (Lipinski definition) is 0. The molecule has 156 valence electrons. The van der Waals surface area contributed by atoms with Crippen LogP contribution in [0.15, 0.2) is 57.7 Å². The first-order valence-corrected chi connectivity index (χ1v) is 10.4. The van der Waals surface area contributed by atoms with Crippen LogP contribution in [-0.2, 0) is 0 Å². The van der Waals surface area contributed by atoms with E-state index in [9.17, 15) is 14.0 Å². The Bertz CT molecular complexity index is 1140. The molecule has 30 heavy (non-hydrogen) atoms. The maximum atomic E-state index is 14.0. The number of rotatable bonds is 7. The van der Waals surface area contributed by atoms with Crippen LogP contribution in [-0.4, -0.2) is 41.9 Å². The summed E-state index contributed by atoms with van der Waals surface area (Å²) >= 11 is 0. The largest absolute Gasteiger partial charge is 0.450 e. The van der Waals surface area contributed by atoms with E-state index < -0.39 is 11.9 Å². The van der Waals surface area contributed by atoms with E-state index in [4.69, 9.17) is 4.42 Å². The van der Waals surface area contributed by atoms with Crippen molar-refractivity contribution in [3.63, 3.8) is 0 Å². The van der Waals surface area contributed by atoms with Crippen molar-refractivity contribution in [3.8, 4) is 0 Å². The van der Waals surface area contributed by atoms with E-state index >= 15 is 0 Å². The molecule has 2 aromatic carbocycles. The third kappa shape index (κ3) is 3.52. The van der Waals surface area contributed by atoms with Crippen molar-refractivity contribution in [2.45, 2.75) is 26.3 Å². The number of nitrogens with zero attached hydrogens (tertiary/aromatic N) is 2. The van der Waals surface area contributed by atoms with Gasteiger partial charge in [-0.1, -0.05) is 38.1 Å². The molecule has 4 rings (SSSR count). The molecular formula is C24H25FN2O3. The summed E-state index contributed by atoms with van der Waals surface area (Å²) < 4.78 is 19.9. The van der Waals surface area contributed by atoms with Crippen molar-refractivity contribution in [2.75, 3.05) is 26.2 Å². The van der Waals surface area contributed by atoms with Gasteiger partial charge in [-0.15, -0.1) is 0 Å². The Hall–Kier alpha value is -2.99. The van der Waals surface area contributed by atoms with Crippen molar-refractivity contribution in [1.29, 1.82) is 0 Å². The van der Waals surface area contributed by atoms with Crippen LogP contribution in [0.1, 0.15) is 48.0 Å². The zero-order valence-corrected chi connectivity index (χ0v) is 17.2. The summed E-state index contributed by atoms with van der Waals surface area (Å²) in [5.74, 6) is -0.654. The Morgan fingerprint density at radius 2 is 1.83 bits per heavy atom. The van der Waals surface area contributed by atoms with Crippen LogP contribution in [0.25, 0.3) is 11.0 Å². The molecule has 1 aliphatic heterocycles. The summed E-state index contributed by atoms with van der Waals surface area (Å²) in [5.41, 5.74) is 1.03. The van der Waals surface area contributed by atoms with Crippen molar-refractivity contribution in [2.24, 2.45) is 0 Å². The molecule has 0 radical (unpaired) electrons. The zero-order chi connectivity index (χ0) is 21.3. The molecule has 0 unspecified atom stereocenters. The first-order valence-electron chi connectivity index (χ1n) is 10.4. The summed E-state index contributed by atoms with van der Waals surface area (Å²) in [6.45, 7) is 7.36. The number of fused-ring (bicyclic) bond motifs is 2. The number of amides is 1. The molecule has 0 saturated carbocycles. The van der Waals surface area contributed by atoms with Crippen LogP contribution < -0.4 is 5.43 Å². The predicted molar refractivity (Wildman–Crippen MR) is 114 cm³/mol. The second-order valence-corrected chi connectivity index (χ2v) is 7.51. The Balaban J connectivity index is 1.79. The highest BCUT2D eigenvalue weighted by atomic mass is 19.1. The standard InChI is InChI=1S/C24H25FN2O3/c1-3-26(4-2)13-8-14-27-21(16-9-7-10-17(25)15-16)20-22(28)18-11-5-6-12-19(18)30-23(20)24(27)29/h5-7,9-12,15,21H,3-4,8,13-14H2,1-2H3/t21-/m0/s1. The minimum absolute atomic E-state index is 0.0656. The van der Waals surface area contributed by atoms with Gasteiger partial charge >= 0.3 is 0 Å². The van der Waals surface area contributed by atoms with Gasteiger partial charge in [0.05, 0.1) is 17.0 Å². The Kier molecular flexibility index (Phi) is 5.68. The molecule has 1 aromatic heterocycles. The third-order valence-electron chi connectivity index (χ3n) is 5.81. The molecule has 0 spiro atoms. The number of hydrogen-bond acceptors (Lipinski definition) is 4. The first-order chi connectivity index (χ1) is 14.5. The summed E-state index contributed by atoms with van der Waals surface area (Å²) in [6.07, 6.45) is 0.751. The minimum atomic E-state index is -0.652. The van der Waals surface area contributed by atoms with E-state index in [1.54, 1.807) is 41.3 Å². The van der Waals surface area contributed by atoms with Gasteiger partial charge in [0.15, 0.2) is 5.43 Å². The lowest BCUT2D eigenvalue weighted by Gasteiger charge is -2.26. The van der Waals surface area contributed by atoms with Crippen molar-refractivity contribution >= 4 is 16.9 Å². The van der Waals surface area contributed by atoms with Crippen LogP contribution in [0.2, 0.25) is 0 Å². The molecule has 1 atom stereocenters. The minimum Gasteiger partial charge on any atom is -0.450 e. The van der Waals surface area contributed by atoms with Gasteiger partial charge in [0.1, 0.15) is 11.4 Å². The summed E-state index contributed by atoms with van der Waals surface area (Å²) in [6, 6.07) is 12.4. The summed E-state index contributed by atoms with van der Waals surface area (Å²) in [4.78, 5) is 30.5. The smallest absolute Gasteiger partial charge is 0.290 e. The quantitative estimate of drug-likeness (QED) is 0.588. The molecule has 0 aliphatic carbocycles. The van der Waals surface area contributed by atoms with Crippen molar-refractivity contribution < 1.29 is 13.6 Å². The van der Waals surface area contributed by atoms with Crippen LogP contribution in [0.5, 0.6) is 0 Å². The summed E-state index contributed by atoms with van der Waals surface area (Å²) in [5, 5.41) is 0.426. The topological polar surface area (TPSA) is 53.8 Å². The lowest BCUT2D eigenvalue weighted by atomic mass is 9.98. The van der Waals surface area contributed by atoms with Gasteiger partial charge in [-0.2, -0.15) is 0 Å². The molecule has 2 heterocycles. The first kappa shape index (κ1) is 20.3. The molecule has 5 nitrogen and oxygen atoms in total. The Morgan fingerprint density at radius 1 is 1.07 bits per heavy atom. The SMILES string of the molecule is CCN(CC)CCCN1C(=O)c2oc3ccccc3c(=O)c2[C@@H]1c1cccc(F)c1. The van der Waals surface area contributed by atoms with E-state index in [0.717, 1.165) is 26.1 Å². The van der Waals surface area contributed by atoms with Gasteiger partial charge in [0, 0.05) is 6.54 Å². The number of para-hydroxylation sites is 1. The van der Waals surface area contributed by atoms with Crippen molar-refractivity contribution in [3.05, 3.63) is 81.5 Å². The second kappa shape index (κ2) is 8.40. The van der Waals surface area contributed by atoms with Crippen LogP contribution in [0, 0.1) is 5.82 Å². The highest BCUT2D eigenvalue weighted by molar-refractivity contribution is 5.99. The van der Waals surface area contributed by atoms with Crippen LogP contribution in [0.4, 0.5) is 4.39 Å². The van der Waals surface area contributed by atoms with Gasteiger partial charge in [-0.3, -0.25) is 9.59 Å². The molecule has 0 fully saturated rings. The second-order valence-electron chi connectivity index (χ2n) is 7.51. The van der Waals surface area contributed by atoms with Gasteiger partial charge in [-0.25, -0.2) is 4.39 Å². The zero-order valence-electron chi connectivity index (χ0n) is 17.2. The van der Waals surface area contributed by atoms with Gasteiger partial charge in [-0.05, 0) is 55.9 Å². The molecule has 1 amide bonds. The fourth-order valence-corrected chi connectivity index (χ4v) is 4.23. The molecule has 6 heteroatoms. The van der Waals surface area contributed by atoms with E-state index in [1.165, 1.54) is 12.1 Å². The highest BCUT2D eigenvalue weighted by Gasteiger charge is 2.42. The molecule has 3 aromatic rings. The number of carbonyl (C=O) groups excluding carboxylic acids is 1. The fourth-order valence-electron chi connectivity index (χ4n) is 4.23. The van der Waals surface area contributed by atoms with E-state index in [-0.39, 0.29) is 17.1 Å². The average Bonchev–Trinajstić information content (AvgIpc) is 3.03. The normalized spacial score (nSPS) is 15.9. The summed E-state index contributed by atoms with van der Waals surface area (Å²) in [7, 11) is 0. The molecule has 1 aliphatic rings. The van der Waals surface area contributed by atoms with Crippen molar-refractivity contribution in [1.82, 2.24) is 9.80 Å². The molecule has 0 saturated heterocycles. The molecule has 0 N–H and O–H groups in total. The average molecular weight is 408 g/mol. The van der Waals surface area contributed by atoms with Gasteiger partial charge in [0.25, 0.3) is 5.91 Å². The fraction of sp³-hybridized carbons (Fsp3) is 0.333.